The molecule has 5 heteroatoms. The first-order chi connectivity index (χ1) is 13.5. The third-order valence-corrected chi connectivity index (χ3v) is 5.52. The van der Waals surface area contributed by atoms with Crippen molar-refractivity contribution in [2.24, 2.45) is 0 Å². The Morgan fingerprint density at radius 2 is 1.93 bits per heavy atom. The lowest BCUT2D eigenvalue weighted by atomic mass is 10.1. The van der Waals surface area contributed by atoms with E-state index in [1.165, 1.54) is 12.1 Å². The molecule has 1 aromatic heterocycles. The third-order valence-electron chi connectivity index (χ3n) is 5.52. The smallest absolute Gasteiger partial charge is 0.254 e. The van der Waals surface area contributed by atoms with Gasteiger partial charge in [-0.2, -0.15) is 0 Å². The molecule has 0 radical (unpaired) electrons. The van der Waals surface area contributed by atoms with Crippen LogP contribution in [0.4, 0.5) is 4.39 Å². The molecule has 4 nitrogen and oxygen atoms in total. The van der Waals surface area contributed by atoms with Crippen molar-refractivity contribution in [2.45, 2.75) is 45.2 Å². The molecule has 1 aliphatic carbocycles. The van der Waals surface area contributed by atoms with E-state index >= 15 is 0 Å². The fraction of sp³-hybridized carbons (Fsp3) is 0.304. The number of carbonyl (C=O) groups excluding carboxylic acids is 1. The molecule has 1 amide bonds. The second-order valence-electron chi connectivity index (χ2n) is 7.60. The first kappa shape index (κ1) is 18.4. The summed E-state index contributed by atoms with van der Waals surface area (Å²) in [5, 5.41) is 0.944. The Morgan fingerprint density at radius 1 is 1.14 bits per heavy atom. The van der Waals surface area contributed by atoms with E-state index in [4.69, 9.17) is 0 Å². The molecule has 144 valence electrons. The molecule has 2 aromatic carbocycles. The molecule has 1 heterocycles. The van der Waals surface area contributed by atoms with E-state index in [1.807, 2.05) is 31.2 Å². The van der Waals surface area contributed by atoms with Gasteiger partial charge in [0.25, 0.3) is 11.5 Å². The van der Waals surface area contributed by atoms with E-state index in [-0.39, 0.29) is 24.1 Å². The second kappa shape index (κ2) is 7.58. The molecule has 0 saturated heterocycles. The van der Waals surface area contributed by atoms with Gasteiger partial charge in [-0.1, -0.05) is 30.5 Å². The minimum Gasteiger partial charge on any atom is -0.331 e. The molecule has 0 spiro atoms. The molecule has 0 aliphatic heterocycles. The van der Waals surface area contributed by atoms with Gasteiger partial charge < -0.3 is 9.88 Å². The van der Waals surface area contributed by atoms with Crippen LogP contribution in [-0.4, -0.2) is 21.8 Å². The highest BCUT2D eigenvalue weighted by Gasteiger charge is 2.28. The van der Waals surface area contributed by atoms with Crippen LogP contribution in [0.25, 0.3) is 10.9 Å². The minimum absolute atomic E-state index is 0.0726. The van der Waals surface area contributed by atoms with Gasteiger partial charge in [-0.3, -0.25) is 9.59 Å². The highest BCUT2D eigenvalue weighted by Crippen LogP contribution is 2.27. The van der Waals surface area contributed by atoms with Crippen LogP contribution in [0.3, 0.4) is 0 Å². The fourth-order valence-electron chi connectivity index (χ4n) is 4.04. The van der Waals surface area contributed by atoms with Gasteiger partial charge >= 0.3 is 0 Å². The zero-order valence-corrected chi connectivity index (χ0v) is 15.9. The van der Waals surface area contributed by atoms with Gasteiger partial charge in [-0.15, -0.1) is 0 Å². The van der Waals surface area contributed by atoms with Crippen molar-refractivity contribution in [2.75, 3.05) is 0 Å². The first-order valence-electron chi connectivity index (χ1n) is 9.70. The summed E-state index contributed by atoms with van der Waals surface area (Å²) in [7, 11) is 0. The van der Waals surface area contributed by atoms with Crippen LogP contribution in [0.1, 0.15) is 47.2 Å². The van der Waals surface area contributed by atoms with Crippen LogP contribution in [0.5, 0.6) is 0 Å². The number of hydrogen-bond donors (Lipinski definition) is 1. The number of amides is 1. The number of aromatic amines is 1. The molecule has 0 atom stereocenters. The van der Waals surface area contributed by atoms with Crippen molar-refractivity contribution in [3.05, 3.63) is 81.4 Å². The number of H-pyrrole nitrogens is 1. The summed E-state index contributed by atoms with van der Waals surface area (Å²) in [5.41, 5.74) is 2.57. The Hall–Kier alpha value is -2.95. The Balaban J connectivity index is 1.71. The van der Waals surface area contributed by atoms with Gasteiger partial charge in [0.15, 0.2) is 0 Å². The Labute approximate surface area is 163 Å². The summed E-state index contributed by atoms with van der Waals surface area (Å²) in [6.45, 7) is 2.22. The van der Waals surface area contributed by atoms with Crippen molar-refractivity contribution in [1.29, 1.82) is 0 Å². The van der Waals surface area contributed by atoms with E-state index in [0.29, 0.717) is 11.1 Å². The highest BCUT2D eigenvalue weighted by atomic mass is 19.1. The lowest BCUT2D eigenvalue weighted by Crippen LogP contribution is -2.39. The number of carbonyl (C=O) groups is 1. The monoisotopic (exact) mass is 378 g/mol. The second-order valence-corrected chi connectivity index (χ2v) is 7.60. The Morgan fingerprint density at radius 3 is 2.68 bits per heavy atom. The molecule has 4 rings (SSSR count). The maximum absolute atomic E-state index is 13.6. The summed E-state index contributed by atoms with van der Waals surface area (Å²) in [5.74, 6) is -0.661. The molecule has 1 saturated carbocycles. The number of aryl methyl sites for hydroxylation is 1. The van der Waals surface area contributed by atoms with Crippen molar-refractivity contribution in [3.8, 4) is 0 Å². The molecule has 1 aliphatic rings. The molecule has 0 unspecified atom stereocenters. The highest BCUT2D eigenvalue weighted by molar-refractivity contribution is 5.94. The molecule has 0 bridgehead atoms. The zero-order chi connectivity index (χ0) is 19.7. The quantitative estimate of drug-likeness (QED) is 0.724. The number of halogens is 1. The molecule has 28 heavy (non-hydrogen) atoms. The van der Waals surface area contributed by atoms with E-state index in [1.54, 1.807) is 17.0 Å². The maximum Gasteiger partial charge on any atom is 0.254 e. The molecule has 1 N–H and O–H groups in total. The zero-order valence-electron chi connectivity index (χ0n) is 15.9. The van der Waals surface area contributed by atoms with Crippen LogP contribution >= 0.6 is 0 Å². The lowest BCUT2D eigenvalue weighted by Gasteiger charge is -2.29. The average molecular weight is 378 g/mol. The number of hydrogen-bond acceptors (Lipinski definition) is 2. The Kier molecular flexibility index (Phi) is 4.99. The number of nitrogens with one attached hydrogen (secondary N) is 1. The molecule has 3 aromatic rings. The molecular formula is C23H23FN2O2. The van der Waals surface area contributed by atoms with Crippen LogP contribution in [0.2, 0.25) is 0 Å². The standard InChI is InChI=1S/C23H23FN2O2/c1-15-9-10-21-17(11-15)12-18(22(27)25-21)14-26(20-7-2-3-8-20)23(28)16-5-4-6-19(24)13-16/h4-6,9-13,20H,2-3,7-8,14H2,1H3,(H,25,27). The maximum atomic E-state index is 13.6. The number of aromatic nitrogens is 1. The number of pyridine rings is 1. The topological polar surface area (TPSA) is 53.2 Å². The number of benzene rings is 2. The van der Waals surface area contributed by atoms with Gasteiger partial charge in [0, 0.05) is 22.7 Å². The molecular weight excluding hydrogens is 355 g/mol. The summed E-state index contributed by atoms with van der Waals surface area (Å²) in [6.07, 6.45) is 3.94. The summed E-state index contributed by atoms with van der Waals surface area (Å²) in [4.78, 5) is 30.5. The fourth-order valence-corrected chi connectivity index (χ4v) is 4.04. The predicted octanol–water partition coefficient (Wildman–Crippen LogP) is 4.56. The predicted molar refractivity (Wildman–Crippen MR) is 108 cm³/mol. The average Bonchev–Trinajstić information content (AvgIpc) is 3.20. The first-order valence-corrected chi connectivity index (χ1v) is 9.70. The van der Waals surface area contributed by atoms with Crippen molar-refractivity contribution < 1.29 is 9.18 Å². The van der Waals surface area contributed by atoms with Crippen molar-refractivity contribution >= 4 is 16.8 Å². The summed E-state index contributed by atoms with van der Waals surface area (Å²) in [6, 6.07) is 13.6. The number of fused-ring (bicyclic) bond motifs is 1. The van der Waals surface area contributed by atoms with Gasteiger partial charge in [0.1, 0.15) is 5.82 Å². The minimum atomic E-state index is -0.434. The van der Waals surface area contributed by atoms with Crippen LogP contribution in [-0.2, 0) is 6.54 Å². The van der Waals surface area contributed by atoms with Crippen molar-refractivity contribution in [1.82, 2.24) is 9.88 Å². The summed E-state index contributed by atoms with van der Waals surface area (Å²) < 4.78 is 13.6. The Bertz CT molecular complexity index is 1080. The van der Waals surface area contributed by atoms with Gasteiger partial charge in [0.2, 0.25) is 0 Å². The van der Waals surface area contributed by atoms with Gasteiger partial charge in [-0.25, -0.2) is 4.39 Å². The van der Waals surface area contributed by atoms with Crippen LogP contribution in [0, 0.1) is 12.7 Å². The van der Waals surface area contributed by atoms with Crippen molar-refractivity contribution in [3.63, 3.8) is 0 Å². The third kappa shape index (κ3) is 3.70. The van der Waals surface area contributed by atoms with E-state index in [9.17, 15) is 14.0 Å². The lowest BCUT2D eigenvalue weighted by molar-refractivity contribution is 0.0663. The number of nitrogens with zero attached hydrogens (tertiary/aromatic N) is 1. The van der Waals surface area contributed by atoms with E-state index in [2.05, 4.69) is 4.98 Å². The van der Waals surface area contributed by atoms with Crippen LogP contribution < -0.4 is 5.56 Å². The summed E-state index contributed by atoms with van der Waals surface area (Å²) >= 11 is 0. The van der Waals surface area contributed by atoms with Gasteiger partial charge in [0.05, 0.1) is 6.54 Å². The number of rotatable bonds is 4. The molecule has 1 fully saturated rings. The normalized spacial score (nSPS) is 14.5. The van der Waals surface area contributed by atoms with E-state index in [0.717, 1.165) is 42.1 Å². The van der Waals surface area contributed by atoms with Crippen LogP contribution in [0.15, 0.2) is 53.3 Å². The SMILES string of the molecule is Cc1ccc2[nH]c(=O)c(CN(C(=O)c3cccc(F)c3)C3CCCC3)cc2c1. The van der Waals surface area contributed by atoms with Gasteiger partial charge in [-0.05, 0) is 61.5 Å². The largest absolute Gasteiger partial charge is 0.331 e. The van der Waals surface area contributed by atoms with E-state index < -0.39 is 5.82 Å².